The van der Waals surface area contributed by atoms with Gasteiger partial charge in [0.15, 0.2) is 11.5 Å². The van der Waals surface area contributed by atoms with Crippen molar-refractivity contribution >= 4 is 17.3 Å². The minimum atomic E-state index is 0.141. The van der Waals surface area contributed by atoms with Crippen LogP contribution in [0.1, 0.15) is 31.9 Å². The van der Waals surface area contributed by atoms with Crippen LogP contribution in [0.5, 0.6) is 11.5 Å². The molecule has 0 bridgehead atoms. The Bertz CT molecular complexity index is 606. The molecule has 1 N–H and O–H groups in total. The Kier molecular flexibility index (Phi) is 4.97. The summed E-state index contributed by atoms with van der Waals surface area (Å²) in [5.74, 6) is 1.67. The van der Waals surface area contributed by atoms with Gasteiger partial charge in [0.1, 0.15) is 0 Å². The standard InChI is InChI=1S/C17H24ClN3O2/c1-4-21-7-6-14-12(10-21)16(20-19-14)11-8-13(18)17(22-3)15(9-11)23-5-2/h8-9,12,16,20H,4-7,10H2,1-3H3. The third-order valence-electron chi connectivity index (χ3n) is 4.66. The quantitative estimate of drug-likeness (QED) is 0.897. The van der Waals surface area contributed by atoms with Gasteiger partial charge in [-0.3, -0.25) is 0 Å². The molecular formula is C17H24ClN3O2. The summed E-state index contributed by atoms with van der Waals surface area (Å²) in [6.45, 7) is 7.92. The van der Waals surface area contributed by atoms with E-state index in [-0.39, 0.29) is 6.04 Å². The van der Waals surface area contributed by atoms with Crippen molar-refractivity contribution in [2.45, 2.75) is 26.3 Å². The highest BCUT2D eigenvalue weighted by molar-refractivity contribution is 6.32. The Morgan fingerprint density at radius 2 is 2.22 bits per heavy atom. The Morgan fingerprint density at radius 1 is 1.39 bits per heavy atom. The average molecular weight is 338 g/mol. The maximum Gasteiger partial charge on any atom is 0.179 e. The topological polar surface area (TPSA) is 46.1 Å². The number of benzene rings is 1. The van der Waals surface area contributed by atoms with Gasteiger partial charge in [-0.25, -0.2) is 0 Å². The molecule has 1 aromatic carbocycles. The molecule has 5 nitrogen and oxygen atoms in total. The molecule has 23 heavy (non-hydrogen) atoms. The molecular weight excluding hydrogens is 314 g/mol. The highest BCUT2D eigenvalue weighted by atomic mass is 35.5. The lowest BCUT2D eigenvalue weighted by atomic mass is 9.86. The average Bonchev–Trinajstić information content (AvgIpc) is 2.97. The first kappa shape index (κ1) is 16.4. The van der Waals surface area contributed by atoms with Crippen LogP contribution in [0, 0.1) is 5.92 Å². The fourth-order valence-electron chi connectivity index (χ4n) is 3.43. The molecule has 1 aromatic rings. The second-order valence-electron chi connectivity index (χ2n) is 5.93. The second kappa shape index (κ2) is 6.97. The zero-order valence-corrected chi connectivity index (χ0v) is 14.7. The van der Waals surface area contributed by atoms with Gasteiger partial charge in [0.2, 0.25) is 0 Å². The monoisotopic (exact) mass is 337 g/mol. The summed E-state index contributed by atoms with van der Waals surface area (Å²) >= 11 is 6.40. The number of methoxy groups -OCH3 is 1. The van der Waals surface area contributed by atoms with Gasteiger partial charge in [-0.1, -0.05) is 18.5 Å². The fourth-order valence-corrected chi connectivity index (χ4v) is 3.73. The van der Waals surface area contributed by atoms with Crippen molar-refractivity contribution < 1.29 is 9.47 Å². The fraction of sp³-hybridized carbons (Fsp3) is 0.588. The van der Waals surface area contributed by atoms with Gasteiger partial charge >= 0.3 is 0 Å². The number of likely N-dealkylation sites (tertiary alicyclic amines) is 1. The van der Waals surface area contributed by atoms with Crippen LogP contribution in [0.25, 0.3) is 0 Å². The summed E-state index contributed by atoms with van der Waals surface area (Å²) in [6.07, 6.45) is 1.03. The zero-order valence-electron chi connectivity index (χ0n) is 13.9. The minimum Gasteiger partial charge on any atom is -0.491 e. The highest BCUT2D eigenvalue weighted by Crippen LogP contribution is 2.41. The van der Waals surface area contributed by atoms with E-state index >= 15 is 0 Å². The van der Waals surface area contributed by atoms with Crippen LogP contribution in [-0.4, -0.2) is 44.0 Å². The molecule has 0 radical (unpaired) electrons. The summed E-state index contributed by atoms with van der Waals surface area (Å²) in [5.41, 5.74) is 5.67. The van der Waals surface area contributed by atoms with Crippen molar-refractivity contribution in [1.82, 2.24) is 10.3 Å². The van der Waals surface area contributed by atoms with Crippen molar-refractivity contribution in [3.8, 4) is 11.5 Å². The number of piperidine rings is 1. The van der Waals surface area contributed by atoms with Crippen molar-refractivity contribution in [2.75, 3.05) is 33.4 Å². The summed E-state index contributed by atoms with van der Waals surface area (Å²) in [4.78, 5) is 2.47. The molecule has 126 valence electrons. The Balaban J connectivity index is 1.89. The molecule has 3 rings (SSSR count). The third kappa shape index (κ3) is 3.12. The van der Waals surface area contributed by atoms with Crippen LogP contribution in [0.3, 0.4) is 0 Å². The predicted molar refractivity (Wildman–Crippen MR) is 92.7 cm³/mol. The lowest BCUT2D eigenvalue weighted by molar-refractivity contribution is 0.238. The van der Waals surface area contributed by atoms with E-state index in [0.717, 1.165) is 31.6 Å². The molecule has 0 amide bonds. The number of nitrogens with one attached hydrogen (secondary N) is 1. The van der Waals surface area contributed by atoms with Gasteiger partial charge in [-0.15, -0.1) is 0 Å². The molecule has 0 aromatic heterocycles. The minimum absolute atomic E-state index is 0.141. The lowest BCUT2D eigenvalue weighted by Gasteiger charge is -2.33. The molecule has 1 saturated heterocycles. The molecule has 2 aliphatic heterocycles. The molecule has 2 unspecified atom stereocenters. The second-order valence-corrected chi connectivity index (χ2v) is 6.33. The maximum atomic E-state index is 6.40. The first-order chi connectivity index (χ1) is 11.2. The van der Waals surface area contributed by atoms with Crippen LogP contribution >= 0.6 is 11.6 Å². The summed E-state index contributed by atoms with van der Waals surface area (Å²) in [6, 6.07) is 4.13. The number of hydrogen-bond acceptors (Lipinski definition) is 5. The molecule has 6 heteroatoms. The van der Waals surface area contributed by atoms with Crippen molar-refractivity contribution in [2.24, 2.45) is 11.0 Å². The van der Waals surface area contributed by atoms with E-state index in [4.69, 9.17) is 21.1 Å². The Morgan fingerprint density at radius 3 is 2.91 bits per heavy atom. The van der Waals surface area contributed by atoms with Crippen LogP contribution in [0.2, 0.25) is 5.02 Å². The lowest BCUT2D eigenvalue weighted by Crippen LogP contribution is -2.41. The molecule has 0 saturated carbocycles. The van der Waals surface area contributed by atoms with E-state index < -0.39 is 0 Å². The smallest absolute Gasteiger partial charge is 0.179 e. The van der Waals surface area contributed by atoms with Gasteiger partial charge in [-0.05, 0) is 31.2 Å². The van der Waals surface area contributed by atoms with Gasteiger partial charge in [-0.2, -0.15) is 5.10 Å². The van der Waals surface area contributed by atoms with E-state index in [0.29, 0.717) is 29.0 Å². The first-order valence-corrected chi connectivity index (χ1v) is 8.60. The first-order valence-electron chi connectivity index (χ1n) is 8.22. The number of fused-ring (bicyclic) bond motifs is 1. The van der Waals surface area contributed by atoms with Crippen LogP contribution in [0.15, 0.2) is 17.2 Å². The van der Waals surface area contributed by atoms with E-state index in [1.807, 2.05) is 19.1 Å². The van der Waals surface area contributed by atoms with Crippen LogP contribution in [0.4, 0.5) is 0 Å². The van der Waals surface area contributed by atoms with Gasteiger partial charge in [0.25, 0.3) is 0 Å². The van der Waals surface area contributed by atoms with Crippen molar-refractivity contribution in [1.29, 1.82) is 0 Å². The van der Waals surface area contributed by atoms with Crippen LogP contribution in [-0.2, 0) is 0 Å². The van der Waals surface area contributed by atoms with E-state index in [2.05, 4.69) is 22.4 Å². The number of rotatable bonds is 5. The molecule has 0 aliphatic carbocycles. The summed E-state index contributed by atoms with van der Waals surface area (Å²) in [5, 5.41) is 5.13. The predicted octanol–water partition coefficient (Wildman–Crippen LogP) is 3.09. The molecule has 1 fully saturated rings. The van der Waals surface area contributed by atoms with Crippen LogP contribution < -0.4 is 14.9 Å². The number of nitrogens with zero attached hydrogens (tertiary/aromatic N) is 2. The van der Waals surface area contributed by atoms with Gasteiger partial charge in [0.05, 0.1) is 24.8 Å². The number of hydrogen-bond donors (Lipinski definition) is 1. The van der Waals surface area contributed by atoms with E-state index in [1.54, 1.807) is 7.11 Å². The van der Waals surface area contributed by atoms with E-state index in [9.17, 15) is 0 Å². The normalized spacial score (nSPS) is 23.9. The van der Waals surface area contributed by atoms with Crippen molar-refractivity contribution in [3.05, 3.63) is 22.7 Å². The molecule has 2 aliphatic rings. The number of halogens is 1. The molecule has 0 spiro atoms. The number of hydrazone groups is 1. The number of ether oxygens (including phenoxy) is 2. The Labute approximate surface area is 142 Å². The highest BCUT2D eigenvalue weighted by Gasteiger charge is 2.37. The third-order valence-corrected chi connectivity index (χ3v) is 4.94. The summed E-state index contributed by atoms with van der Waals surface area (Å²) < 4.78 is 11.1. The van der Waals surface area contributed by atoms with Crippen molar-refractivity contribution in [3.63, 3.8) is 0 Å². The van der Waals surface area contributed by atoms with Gasteiger partial charge in [0, 0.05) is 31.1 Å². The maximum absolute atomic E-state index is 6.40. The molecule has 2 atom stereocenters. The summed E-state index contributed by atoms with van der Waals surface area (Å²) in [7, 11) is 1.61. The van der Waals surface area contributed by atoms with E-state index in [1.165, 1.54) is 5.71 Å². The SMILES string of the molecule is CCOc1cc(C2NN=C3CCN(CC)CC32)cc(Cl)c1OC. The molecule has 2 heterocycles. The zero-order chi connectivity index (χ0) is 16.4. The largest absolute Gasteiger partial charge is 0.491 e. The van der Waals surface area contributed by atoms with Gasteiger partial charge < -0.3 is 19.8 Å². The Hall–Kier alpha value is -1.46.